The maximum absolute atomic E-state index is 13.4. The lowest BCUT2D eigenvalue weighted by molar-refractivity contribution is -0.114. The fraction of sp³-hybridized carbons (Fsp3) is 0.200. The van der Waals surface area contributed by atoms with E-state index in [0.717, 1.165) is 5.56 Å². The number of nitrogens with one attached hydrogen (secondary N) is 1. The molecular weight excluding hydrogens is 185 g/mol. The zero-order valence-corrected chi connectivity index (χ0v) is 7.93. The summed E-state index contributed by atoms with van der Waals surface area (Å²) in [5, 5.41) is 2.32. The van der Waals surface area contributed by atoms with Crippen molar-refractivity contribution in [1.82, 2.24) is 0 Å². The number of rotatable bonds is 2. The summed E-state index contributed by atoms with van der Waals surface area (Å²) in [4.78, 5) is 21.2. The Morgan fingerprint density at radius 3 is 2.64 bits per heavy atom. The predicted molar refractivity (Wildman–Crippen MR) is 50.8 cm³/mol. The second-order valence-electron chi connectivity index (χ2n) is 3.01. The summed E-state index contributed by atoms with van der Waals surface area (Å²) in [7, 11) is 0. The van der Waals surface area contributed by atoms with E-state index in [4.69, 9.17) is 0 Å². The van der Waals surface area contributed by atoms with Crippen molar-refractivity contribution in [1.29, 1.82) is 0 Å². The fourth-order valence-corrected chi connectivity index (χ4v) is 1.16. The molecule has 14 heavy (non-hydrogen) atoms. The summed E-state index contributed by atoms with van der Waals surface area (Å²) in [6.07, 6.45) is 0.424. The second kappa shape index (κ2) is 4.00. The van der Waals surface area contributed by atoms with Crippen LogP contribution in [0.3, 0.4) is 0 Å². The van der Waals surface area contributed by atoms with Crippen LogP contribution in [-0.2, 0) is 4.79 Å². The van der Waals surface area contributed by atoms with Crippen LogP contribution in [0.1, 0.15) is 22.8 Å². The molecule has 0 aliphatic carbocycles. The molecule has 0 spiro atoms. The molecule has 4 heteroatoms. The first-order valence-corrected chi connectivity index (χ1v) is 4.07. The minimum absolute atomic E-state index is 0.0413. The van der Waals surface area contributed by atoms with Crippen LogP contribution in [0.5, 0.6) is 0 Å². The van der Waals surface area contributed by atoms with Gasteiger partial charge in [-0.3, -0.25) is 9.59 Å². The van der Waals surface area contributed by atoms with E-state index in [2.05, 4.69) is 5.32 Å². The van der Waals surface area contributed by atoms with Gasteiger partial charge < -0.3 is 5.32 Å². The van der Waals surface area contributed by atoms with Crippen molar-refractivity contribution in [3.05, 3.63) is 29.1 Å². The summed E-state index contributed by atoms with van der Waals surface area (Å²) in [5.74, 6) is -1.06. The van der Waals surface area contributed by atoms with Gasteiger partial charge in [-0.1, -0.05) is 0 Å². The van der Waals surface area contributed by atoms with Gasteiger partial charge in [0.1, 0.15) is 0 Å². The van der Waals surface area contributed by atoms with Gasteiger partial charge in [0.2, 0.25) is 5.91 Å². The molecule has 0 saturated heterocycles. The molecule has 0 aliphatic heterocycles. The molecule has 1 aromatic carbocycles. The van der Waals surface area contributed by atoms with Crippen LogP contribution >= 0.6 is 0 Å². The maximum atomic E-state index is 13.4. The number of aryl methyl sites for hydroxylation is 1. The van der Waals surface area contributed by atoms with E-state index in [0.29, 0.717) is 6.29 Å². The van der Waals surface area contributed by atoms with Crippen LogP contribution in [-0.4, -0.2) is 12.2 Å². The van der Waals surface area contributed by atoms with Crippen molar-refractivity contribution in [2.24, 2.45) is 0 Å². The van der Waals surface area contributed by atoms with Gasteiger partial charge >= 0.3 is 0 Å². The lowest BCUT2D eigenvalue weighted by Gasteiger charge is -2.06. The molecule has 0 aromatic heterocycles. The van der Waals surface area contributed by atoms with Crippen LogP contribution in [0, 0.1) is 12.7 Å². The van der Waals surface area contributed by atoms with E-state index in [1.807, 2.05) is 0 Å². The molecule has 74 valence electrons. The predicted octanol–water partition coefficient (Wildman–Crippen LogP) is 1.91. The Kier molecular flexibility index (Phi) is 2.96. The third kappa shape index (κ3) is 2.16. The topological polar surface area (TPSA) is 46.2 Å². The summed E-state index contributed by atoms with van der Waals surface area (Å²) in [5.41, 5.74) is 0.714. The zero-order chi connectivity index (χ0) is 10.7. The molecule has 1 rings (SSSR count). The quantitative estimate of drug-likeness (QED) is 0.732. The van der Waals surface area contributed by atoms with Crippen molar-refractivity contribution in [3.8, 4) is 0 Å². The number of amides is 1. The lowest BCUT2D eigenvalue weighted by atomic mass is 10.1. The molecule has 1 N–H and O–H groups in total. The third-order valence-corrected chi connectivity index (χ3v) is 1.68. The largest absolute Gasteiger partial charge is 0.324 e. The monoisotopic (exact) mass is 195 g/mol. The van der Waals surface area contributed by atoms with E-state index in [-0.39, 0.29) is 17.2 Å². The summed E-state index contributed by atoms with van der Waals surface area (Å²) >= 11 is 0. The van der Waals surface area contributed by atoms with Gasteiger partial charge in [-0.05, 0) is 24.6 Å². The molecule has 0 unspecified atom stereocenters. The van der Waals surface area contributed by atoms with Gasteiger partial charge in [0.25, 0.3) is 0 Å². The number of halogens is 1. The van der Waals surface area contributed by atoms with Crippen molar-refractivity contribution in [2.45, 2.75) is 13.8 Å². The van der Waals surface area contributed by atoms with Crippen LogP contribution in [0.4, 0.5) is 10.1 Å². The average Bonchev–Trinajstić information content (AvgIpc) is 2.09. The molecule has 0 bridgehead atoms. The summed E-state index contributed by atoms with van der Waals surface area (Å²) < 4.78 is 13.4. The highest BCUT2D eigenvalue weighted by atomic mass is 19.1. The number of anilines is 1. The van der Waals surface area contributed by atoms with Crippen molar-refractivity contribution in [3.63, 3.8) is 0 Å². The molecule has 1 aromatic rings. The average molecular weight is 195 g/mol. The molecular formula is C10H10FNO2. The van der Waals surface area contributed by atoms with Crippen LogP contribution in [0.15, 0.2) is 12.1 Å². The Labute approximate surface area is 80.9 Å². The molecule has 0 fully saturated rings. The third-order valence-electron chi connectivity index (χ3n) is 1.68. The Balaban J connectivity index is 3.21. The number of carbonyl (C=O) groups excluding carboxylic acids is 2. The van der Waals surface area contributed by atoms with Crippen LogP contribution < -0.4 is 5.32 Å². The number of aldehydes is 1. The van der Waals surface area contributed by atoms with E-state index >= 15 is 0 Å². The maximum Gasteiger partial charge on any atom is 0.221 e. The Morgan fingerprint density at radius 2 is 2.14 bits per heavy atom. The van der Waals surface area contributed by atoms with Crippen molar-refractivity contribution in [2.75, 3.05) is 5.32 Å². The zero-order valence-electron chi connectivity index (χ0n) is 7.93. The van der Waals surface area contributed by atoms with E-state index < -0.39 is 5.82 Å². The Bertz CT molecular complexity index is 388. The first-order valence-electron chi connectivity index (χ1n) is 4.07. The molecule has 0 atom stereocenters. The number of benzene rings is 1. The molecule has 0 saturated carbocycles. The highest BCUT2D eigenvalue weighted by Crippen LogP contribution is 2.19. The molecule has 3 nitrogen and oxygen atoms in total. The first-order chi connectivity index (χ1) is 6.54. The van der Waals surface area contributed by atoms with Gasteiger partial charge in [-0.2, -0.15) is 0 Å². The highest BCUT2D eigenvalue weighted by molar-refractivity contribution is 5.90. The fourth-order valence-electron chi connectivity index (χ4n) is 1.16. The number of carbonyl (C=O) groups is 2. The van der Waals surface area contributed by atoms with Gasteiger partial charge in [-0.25, -0.2) is 4.39 Å². The summed E-state index contributed by atoms with van der Waals surface area (Å²) in [6.45, 7) is 3.00. The smallest absolute Gasteiger partial charge is 0.221 e. The van der Waals surface area contributed by atoms with Crippen LogP contribution in [0.2, 0.25) is 0 Å². The Hall–Kier alpha value is -1.71. The van der Waals surface area contributed by atoms with E-state index in [1.54, 1.807) is 6.92 Å². The Morgan fingerprint density at radius 1 is 1.50 bits per heavy atom. The van der Waals surface area contributed by atoms with E-state index in [9.17, 15) is 14.0 Å². The number of hydrogen-bond acceptors (Lipinski definition) is 2. The van der Waals surface area contributed by atoms with Crippen molar-refractivity contribution >= 4 is 17.9 Å². The van der Waals surface area contributed by atoms with Crippen LogP contribution in [0.25, 0.3) is 0 Å². The minimum atomic E-state index is -0.694. The highest BCUT2D eigenvalue weighted by Gasteiger charge is 2.09. The van der Waals surface area contributed by atoms with Gasteiger partial charge in [0.15, 0.2) is 12.1 Å². The summed E-state index contributed by atoms with van der Waals surface area (Å²) in [6, 6.07) is 2.90. The molecule has 0 radical (unpaired) electrons. The van der Waals surface area contributed by atoms with E-state index in [1.165, 1.54) is 19.1 Å². The van der Waals surface area contributed by atoms with Gasteiger partial charge in [0, 0.05) is 6.92 Å². The minimum Gasteiger partial charge on any atom is -0.324 e. The SMILES string of the molecule is CC(=O)Nc1cc(C)cc(C=O)c1F. The molecule has 0 aliphatic rings. The number of hydrogen-bond donors (Lipinski definition) is 1. The van der Waals surface area contributed by atoms with Gasteiger partial charge in [0.05, 0.1) is 11.3 Å². The first kappa shape index (κ1) is 10.4. The lowest BCUT2D eigenvalue weighted by Crippen LogP contribution is -2.09. The van der Waals surface area contributed by atoms with Crippen molar-refractivity contribution < 1.29 is 14.0 Å². The normalized spacial score (nSPS) is 9.64. The van der Waals surface area contributed by atoms with Gasteiger partial charge in [-0.15, -0.1) is 0 Å². The second-order valence-corrected chi connectivity index (χ2v) is 3.01. The standard InChI is InChI=1S/C10H10FNO2/c1-6-3-8(5-13)10(11)9(4-6)12-7(2)14/h3-5H,1-2H3,(H,12,14). The molecule has 0 heterocycles. The molecule has 1 amide bonds.